The van der Waals surface area contributed by atoms with Crippen molar-refractivity contribution in [2.24, 2.45) is 5.73 Å². The summed E-state index contributed by atoms with van der Waals surface area (Å²) < 4.78 is 0. The second kappa shape index (κ2) is 3.05. The number of nitro groups is 1. The smallest absolute Gasteiger partial charge is 0.288 e. The van der Waals surface area contributed by atoms with Gasteiger partial charge in [0.05, 0.1) is 4.92 Å². The molecule has 7 heteroatoms. The van der Waals surface area contributed by atoms with Gasteiger partial charge in [-0.3, -0.25) is 14.9 Å². The third-order valence-electron chi connectivity index (χ3n) is 1.93. The third kappa shape index (κ3) is 1.50. The van der Waals surface area contributed by atoms with Gasteiger partial charge in [-0.2, -0.15) is 0 Å². The van der Waals surface area contributed by atoms with Gasteiger partial charge in [0.25, 0.3) is 11.6 Å². The van der Waals surface area contributed by atoms with Crippen molar-refractivity contribution >= 4 is 22.6 Å². The van der Waals surface area contributed by atoms with Crippen molar-refractivity contribution in [1.29, 1.82) is 0 Å². The fourth-order valence-corrected chi connectivity index (χ4v) is 1.24. The van der Waals surface area contributed by atoms with Crippen LogP contribution >= 0.6 is 0 Å². The van der Waals surface area contributed by atoms with E-state index in [9.17, 15) is 14.9 Å². The van der Waals surface area contributed by atoms with E-state index in [1.165, 1.54) is 12.1 Å². The maximum Gasteiger partial charge on any atom is 0.288 e. The molecule has 0 saturated carbocycles. The van der Waals surface area contributed by atoms with Crippen molar-refractivity contribution in [2.45, 2.75) is 0 Å². The highest BCUT2D eigenvalue weighted by Crippen LogP contribution is 2.18. The lowest BCUT2D eigenvalue weighted by molar-refractivity contribution is -0.385. The first-order valence-corrected chi connectivity index (χ1v) is 4.01. The Morgan fingerprint density at radius 3 is 2.87 bits per heavy atom. The van der Waals surface area contributed by atoms with Gasteiger partial charge >= 0.3 is 0 Å². The van der Waals surface area contributed by atoms with Crippen LogP contribution in [0.2, 0.25) is 0 Å². The predicted octanol–water partition coefficient (Wildman–Crippen LogP) is 0.570. The average Bonchev–Trinajstić information content (AvgIpc) is 2.59. The fourth-order valence-electron chi connectivity index (χ4n) is 1.24. The normalized spacial score (nSPS) is 10.4. The van der Waals surface area contributed by atoms with Crippen LogP contribution in [0.5, 0.6) is 0 Å². The first kappa shape index (κ1) is 9.13. The molecule has 76 valence electrons. The van der Waals surface area contributed by atoms with Crippen molar-refractivity contribution in [3.8, 4) is 0 Å². The van der Waals surface area contributed by atoms with Crippen LogP contribution in [0.4, 0.5) is 5.69 Å². The van der Waals surface area contributed by atoms with E-state index in [0.29, 0.717) is 11.0 Å². The van der Waals surface area contributed by atoms with E-state index >= 15 is 0 Å². The van der Waals surface area contributed by atoms with E-state index in [-0.39, 0.29) is 11.4 Å². The lowest BCUT2D eigenvalue weighted by atomic mass is 10.3. The molecule has 2 heterocycles. The molecule has 0 aliphatic rings. The van der Waals surface area contributed by atoms with Gasteiger partial charge in [-0.15, -0.1) is 0 Å². The van der Waals surface area contributed by atoms with Gasteiger partial charge in [0.15, 0.2) is 0 Å². The zero-order chi connectivity index (χ0) is 11.0. The van der Waals surface area contributed by atoms with E-state index in [1.54, 1.807) is 0 Å². The van der Waals surface area contributed by atoms with Crippen molar-refractivity contribution in [2.75, 3.05) is 0 Å². The monoisotopic (exact) mass is 206 g/mol. The predicted molar refractivity (Wildman–Crippen MR) is 51.3 cm³/mol. The fraction of sp³-hybridized carbons (Fsp3) is 0. The standard InChI is InChI=1S/C8H6N4O3/c9-7(13)6-2-4-1-5(12(14)15)3-10-8(4)11-6/h1-3H,(H2,9,13)(H,10,11). The molecule has 15 heavy (non-hydrogen) atoms. The van der Waals surface area contributed by atoms with Crippen LogP contribution in [-0.4, -0.2) is 20.8 Å². The van der Waals surface area contributed by atoms with Gasteiger partial charge in [0.1, 0.15) is 17.5 Å². The molecule has 2 rings (SSSR count). The number of carbonyl (C=O) groups excluding carboxylic acids is 1. The van der Waals surface area contributed by atoms with Gasteiger partial charge in [0.2, 0.25) is 0 Å². The Labute approximate surface area is 83.1 Å². The van der Waals surface area contributed by atoms with Gasteiger partial charge in [-0.1, -0.05) is 0 Å². The Morgan fingerprint density at radius 2 is 2.27 bits per heavy atom. The highest BCUT2D eigenvalue weighted by atomic mass is 16.6. The zero-order valence-electron chi connectivity index (χ0n) is 7.43. The number of rotatable bonds is 2. The molecule has 0 aromatic carbocycles. The molecule has 2 aromatic rings. The molecule has 0 saturated heterocycles. The molecule has 0 radical (unpaired) electrons. The van der Waals surface area contributed by atoms with Crippen LogP contribution in [0, 0.1) is 10.1 Å². The van der Waals surface area contributed by atoms with Gasteiger partial charge in [0, 0.05) is 11.5 Å². The second-order valence-corrected chi connectivity index (χ2v) is 2.94. The molecule has 7 nitrogen and oxygen atoms in total. The van der Waals surface area contributed by atoms with Crippen LogP contribution < -0.4 is 5.73 Å². The minimum atomic E-state index is -0.629. The SMILES string of the molecule is NC(=O)c1cc2cc([N+](=O)[O-])cnc2[nH]1. The van der Waals surface area contributed by atoms with Crippen molar-refractivity contribution in [3.05, 3.63) is 34.1 Å². The number of pyridine rings is 1. The zero-order valence-corrected chi connectivity index (χ0v) is 7.43. The summed E-state index contributed by atoms with van der Waals surface area (Å²) in [6.07, 6.45) is 1.11. The van der Waals surface area contributed by atoms with Crippen LogP contribution in [-0.2, 0) is 0 Å². The van der Waals surface area contributed by atoms with E-state index in [4.69, 9.17) is 5.73 Å². The van der Waals surface area contributed by atoms with Crippen molar-refractivity contribution < 1.29 is 9.72 Å². The summed E-state index contributed by atoms with van der Waals surface area (Å²) in [5.41, 5.74) is 5.49. The van der Waals surface area contributed by atoms with Crippen LogP contribution in [0.1, 0.15) is 10.5 Å². The first-order valence-electron chi connectivity index (χ1n) is 4.01. The number of amides is 1. The lowest BCUT2D eigenvalue weighted by Crippen LogP contribution is -2.10. The summed E-state index contributed by atoms with van der Waals surface area (Å²) in [5.74, 6) is -0.629. The largest absolute Gasteiger partial charge is 0.364 e. The topological polar surface area (TPSA) is 115 Å². The van der Waals surface area contributed by atoms with Crippen molar-refractivity contribution in [3.63, 3.8) is 0 Å². The van der Waals surface area contributed by atoms with Gasteiger partial charge in [-0.05, 0) is 6.07 Å². The number of hydrogen-bond donors (Lipinski definition) is 2. The molecular formula is C8H6N4O3. The molecular weight excluding hydrogens is 200 g/mol. The molecule has 0 aliphatic heterocycles. The van der Waals surface area contributed by atoms with Crippen molar-refractivity contribution in [1.82, 2.24) is 9.97 Å². The molecule has 0 aliphatic carbocycles. The summed E-state index contributed by atoms with van der Waals surface area (Å²) in [5, 5.41) is 10.9. The Kier molecular flexibility index (Phi) is 1.86. The molecule has 0 spiro atoms. The highest BCUT2D eigenvalue weighted by molar-refractivity contribution is 5.96. The van der Waals surface area contributed by atoms with Crippen LogP contribution in [0.25, 0.3) is 11.0 Å². The van der Waals surface area contributed by atoms with E-state index in [0.717, 1.165) is 6.20 Å². The third-order valence-corrected chi connectivity index (χ3v) is 1.93. The molecule has 3 N–H and O–H groups in total. The van der Waals surface area contributed by atoms with Gasteiger partial charge < -0.3 is 10.7 Å². The summed E-state index contributed by atoms with van der Waals surface area (Å²) in [4.78, 5) is 27.2. The maximum atomic E-state index is 10.8. The molecule has 0 unspecified atom stereocenters. The maximum absolute atomic E-state index is 10.8. The number of nitrogens with two attached hydrogens (primary N) is 1. The number of carbonyl (C=O) groups is 1. The molecule has 0 atom stereocenters. The Hall–Kier alpha value is -2.44. The molecule has 0 fully saturated rings. The van der Waals surface area contributed by atoms with E-state index in [1.807, 2.05) is 0 Å². The minimum Gasteiger partial charge on any atom is -0.364 e. The number of primary amides is 1. The summed E-state index contributed by atoms with van der Waals surface area (Å²) >= 11 is 0. The molecule has 1 amide bonds. The Bertz CT molecular complexity index is 548. The number of nitrogens with one attached hydrogen (secondary N) is 1. The minimum absolute atomic E-state index is 0.127. The quantitative estimate of drug-likeness (QED) is 0.551. The Morgan fingerprint density at radius 1 is 1.53 bits per heavy atom. The lowest BCUT2D eigenvalue weighted by Gasteiger charge is -1.89. The number of aromatic nitrogens is 2. The van der Waals surface area contributed by atoms with Crippen LogP contribution in [0.3, 0.4) is 0 Å². The van der Waals surface area contributed by atoms with Gasteiger partial charge in [-0.25, -0.2) is 4.98 Å². The Balaban J connectivity index is 2.62. The van der Waals surface area contributed by atoms with E-state index in [2.05, 4.69) is 9.97 Å². The highest BCUT2D eigenvalue weighted by Gasteiger charge is 2.11. The molecule has 2 aromatic heterocycles. The first-order chi connectivity index (χ1) is 7.08. The number of nitrogens with zero attached hydrogens (tertiary/aromatic N) is 2. The van der Waals surface area contributed by atoms with Crippen LogP contribution in [0.15, 0.2) is 18.3 Å². The second-order valence-electron chi connectivity index (χ2n) is 2.94. The summed E-state index contributed by atoms with van der Waals surface area (Å²) in [6, 6.07) is 2.75. The molecule has 0 bridgehead atoms. The summed E-state index contributed by atoms with van der Waals surface area (Å²) in [6.45, 7) is 0. The van der Waals surface area contributed by atoms with E-state index < -0.39 is 10.8 Å². The average molecular weight is 206 g/mol. The number of hydrogen-bond acceptors (Lipinski definition) is 4. The number of H-pyrrole nitrogens is 1. The summed E-state index contributed by atoms with van der Waals surface area (Å²) in [7, 11) is 0. The number of aromatic amines is 1. The number of fused-ring (bicyclic) bond motifs is 1.